The van der Waals surface area contributed by atoms with Crippen molar-refractivity contribution in [2.75, 3.05) is 16.4 Å². The van der Waals surface area contributed by atoms with Crippen LogP contribution >= 0.6 is 12.6 Å². The number of thiol groups is 1. The molecule has 132 valence electrons. The first-order valence-corrected chi connectivity index (χ1v) is 8.67. The summed E-state index contributed by atoms with van der Waals surface area (Å²) in [5, 5.41) is 5.26. The number of rotatable bonds is 4. The van der Waals surface area contributed by atoms with Gasteiger partial charge in [-0.25, -0.2) is 0 Å². The molecular weight excluding hydrogens is 352 g/mol. The van der Waals surface area contributed by atoms with Gasteiger partial charge in [-0.15, -0.1) is 0 Å². The summed E-state index contributed by atoms with van der Waals surface area (Å²) in [5.74, 6) is -1.42. The second kappa shape index (κ2) is 7.13. The molecule has 0 saturated carbocycles. The lowest BCUT2D eigenvalue weighted by molar-refractivity contribution is -0.116. The van der Waals surface area contributed by atoms with Crippen molar-refractivity contribution in [2.24, 2.45) is 0 Å². The van der Waals surface area contributed by atoms with Crippen molar-refractivity contribution in [1.29, 1.82) is 0 Å². The van der Waals surface area contributed by atoms with E-state index in [4.69, 9.17) is 0 Å². The molecule has 0 aliphatic heterocycles. The number of amides is 2. The van der Waals surface area contributed by atoms with Crippen LogP contribution in [0.5, 0.6) is 0 Å². The lowest BCUT2D eigenvalue weighted by Crippen LogP contribution is -2.26. The van der Waals surface area contributed by atoms with Crippen LogP contribution < -0.4 is 10.6 Å². The number of hydrogen-bond donors (Lipinski definition) is 3. The van der Waals surface area contributed by atoms with Crippen molar-refractivity contribution in [2.45, 2.75) is 13.3 Å². The van der Waals surface area contributed by atoms with Gasteiger partial charge in [0.25, 0.3) is 0 Å². The molecule has 6 nitrogen and oxygen atoms in total. The molecule has 0 aromatic heterocycles. The number of nitrogens with one attached hydrogen (secondary N) is 2. The van der Waals surface area contributed by atoms with Crippen LogP contribution in [0.3, 0.4) is 0 Å². The molecule has 0 spiro atoms. The standard InChI is InChI=1S/C19H16N2O4S/c1-2-14(22)20-12-7-3-5-10-16(12)18(24)11-6-4-8-13(17(11)19(10)25)21-15(23)9-26/h3-8,26H,2,9H2,1H3,(H,20,22)(H,21,23). The van der Waals surface area contributed by atoms with Crippen LogP contribution in [0.1, 0.15) is 45.2 Å². The molecular formula is C19H16N2O4S. The molecule has 1 aliphatic rings. The first-order valence-electron chi connectivity index (χ1n) is 8.03. The van der Waals surface area contributed by atoms with Crippen molar-refractivity contribution in [1.82, 2.24) is 0 Å². The molecule has 2 amide bonds. The van der Waals surface area contributed by atoms with Crippen LogP contribution in [0.15, 0.2) is 36.4 Å². The van der Waals surface area contributed by atoms with Crippen molar-refractivity contribution in [3.8, 4) is 0 Å². The van der Waals surface area contributed by atoms with Gasteiger partial charge in [0.15, 0.2) is 11.6 Å². The SMILES string of the molecule is CCC(=O)Nc1cccc2c1C(=O)c1cccc(NC(=O)CS)c1C2=O. The van der Waals surface area contributed by atoms with Crippen molar-refractivity contribution < 1.29 is 19.2 Å². The third kappa shape index (κ3) is 3.01. The Kier molecular flexibility index (Phi) is 4.90. The smallest absolute Gasteiger partial charge is 0.234 e. The Morgan fingerprint density at radius 3 is 1.73 bits per heavy atom. The van der Waals surface area contributed by atoms with Crippen LogP contribution in [0.4, 0.5) is 11.4 Å². The number of hydrogen-bond acceptors (Lipinski definition) is 5. The molecule has 1 aliphatic carbocycles. The molecule has 3 rings (SSSR count). The van der Waals surface area contributed by atoms with E-state index in [1.54, 1.807) is 31.2 Å². The van der Waals surface area contributed by atoms with Gasteiger partial charge in [0.1, 0.15) is 0 Å². The molecule has 26 heavy (non-hydrogen) atoms. The van der Waals surface area contributed by atoms with Crippen molar-refractivity contribution in [3.63, 3.8) is 0 Å². The molecule has 7 heteroatoms. The fourth-order valence-electron chi connectivity index (χ4n) is 2.88. The van der Waals surface area contributed by atoms with Gasteiger partial charge in [-0.05, 0) is 12.1 Å². The molecule has 2 aromatic carbocycles. The first kappa shape index (κ1) is 17.9. The number of fused-ring (bicyclic) bond motifs is 2. The maximum atomic E-state index is 13.0. The summed E-state index contributed by atoms with van der Waals surface area (Å²) in [6.07, 6.45) is 0.252. The fraction of sp³-hybridized carbons (Fsp3) is 0.158. The van der Waals surface area contributed by atoms with E-state index in [0.717, 1.165) is 0 Å². The van der Waals surface area contributed by atoms with Crippen LogP contribution in [0.2, 0.25) is 0 Å². The monoisotopic (exact) mass is 368 g/mol. The second-order valence-electron chi connectivity index (χ2n) is 5.72. The van der Waals surface area contributed by atoms with Crippen molar-refractivity contribution >= 4 is 47.4 Å². The molecule has 0 saturated heterocycles. The number of carbonyl (C=O) groups is 4. The van der Waals surface area contributed by atoms with E-state index in [1.807, 2.05) is 0 Å². The van der Waals surface area contributed by atoms with Gasteiger partial charge < -0.3 is 10.6 Å². The van der Waals surface area contributed by atoms with Gasteiger partial charge in [-0.2, -0.15) is 12.6 Å². The van der Waals surface area contributed by atoms with E-state index in [9.17, 15) is 19.2 Å². The largest absolute Gasteiger partial charge is 0.325 e. The zero-order valence-electron chi connectivity index (χ0n) is 14.0. The minimum absolute atomic E-state index is 0.0460. The molecule has 0 heterocycles. The van der Waals surface area contributed by atoms with Crippen LogP contribution in [0, 0.1) is 0 Å². The molecule has 2 N–H and O–H groups in total. The normalized spacial score (nSPS) is 12.2. The Hall–Kier alpha value is -2.93. The quantitative estimate of drug-likeness (QED) is 0.618. The molecule has 0 bridgehead atoms. The Balaban J connectivity index is 2.14. The highest BCUT2D eigenvalue weighted by Gasteiger charge is 2.33. The van der Waals surface area contributed by atoms with E-state index in [1.165, 1.54) is 12.1 Å². The number of ketones is 2. The topological polar surface area (TPSA) is 92.3 Å². The van der Waals surface area contributed by atoms with E-state index in [2.05, 4.69) is 23.3 Å². The Bertz CT molecular complexity index is 875. The van der Waals surface area contributed by atoms with Crippen LogP contribution in [-0.4, -0.2) is 29.1 Å². The first-order chi connectivity index (χ1) is 12.5. The van der Waals surface area contributed by atoms with Gasteiger partial charge >= 0.3 is 0 Å². The molecule has 0 radical (unpaired) electrons. The van der Waals surface area contributed by atoms with Crippen LogP contribution in [0.25, 0.3) is 0 Å². The second-order valence-corrected chi connectivity index (χ2v) is 6.04. The van der Waals surface area contributed by atoms with E-state index >= 15 is 0 Å². The Morgan fingerprint density at radius 1 is 0.846 bits per heavy atom. The summed E-state index contributed by atoms with van der Waals surface area (Å²) in [5.41, 5.74) is 1.29. The Morgan fingerprint density at radius 2 is 1.31 bits per heavy atom. The zero-order valence-corrected chi connectivity index (χ0v) is 14.9. The molecule has 0 fully saturated rings. The maximum Gasteiger partial charge on any atom is 0.234 e. The average Bonchev–Trinajstić information content (AvgIpc) is 2.65. The molecule has 0 unspecified atom stereocenters. The summed E-state index contributed by atoms with van der Waals surface area (Å²) >= 11 is 3.91. The predicted molar refractivity (Wildman–Crippen MR) is 101 cm³/mol. The average molecular weight is 368 g/mol. The lowest BCUT2D eigenvalue weighted by Gasteiger charge is -2.22. The van der Waals surface area contributed by atoms with E-state index in [0.29, 0.717) is 5.69 Å². The van der Waals surface area contributed by atoms with Gasteiger partial charge in [0.05, 0.1) is 28.3 Å². The summed E-state index contributed by atoms with van der Waals surface area (Å²) in [7, 11) is 0. The highest BCUT2D eigenvalue weighted by molar-refractivity contribution is 7.81. The third-order valence-electron chi connectivity index (χ3n) is 4.09. The maximum absolute atomic E-state index is 13.0. The van der Waals surface area contributed by atoms with E-state index in [-0.39, 0.29) is 63.5 Å². The number of carbonyl (C=O) groups excluding carboxylic acids is 4. The summed E-state index contributed by atoms with van der Waals surface area (Å²) in [4.78, 5) is 49.5. The molecule has 0 atom stereocenters. The summed E-state index contributed by atoms with van der Waals surface area (Å²) in [6.45, 7) is 1.70. The van der Waals surface area contributed by atoms with Gasteiger partial charge in [-0.3, -0.25) is 19.2 Å². The van der Waals surface area contributed by atoms with Crippen molar-refractivity contribution in [3.05, 3.63) is 58.7 Å². The fourth-order valence-corrected chi connectivity index (χ4v) is 2.96. The highest BCUT2D eigenvalue weighted by atomic mass is 32.1. The number of anilines is 2. The highest BCUT2D eigenvalue weighted by Crippen LogP contribution is 2.35. The van der Waals surface area contributed by atoms with E-state index < -0.39 is 0 Å². The zero-order chi connectivity index (χ0) is 18.8. The minimum Gasteiger partial charge on any atom is -0.325 e. The number of benzene rings is 2. The Labute approximate surface area is 155 Å². The third-order valence-corrected chi connectivity index (χ3v) is 4.37. The summed E-state index contributed by atoms with van der Waals surface area (Å²) in [6, 6.07) is 9.43. The minimum atomic E-state index is -0.378. The lowest BCUT2D eigenvalue weighted by atomic mass is 9.82. The van der Waals surface area contributed by atoms with Gasteiger partial charge in [0.2, 0.25) is 11.8 Å². The van der Waals surface area contributed by atoms with Crippen LogP contribution in [-0.2, 0) is 9.59 Å². The van der Waals surface area contributed by atoms with Gasteiger partial charge in [0, 0.05) is 17.5 Å². The predicted octanol–water partition coefficient (Wildman–Crippen LogP) is 2.68. The molecule has 2 aromatic rings. The summed E-state index contributed by atoms with van der Waals surface area (Å²) < 4.78 is 0. The van der Waals surface area contributed by atoms with Gasteiger partial charge in [-0.1, -0.05) is 31.2 Å².